The number of carbonyl (C=O) groups is 1. The number of isocyanates is 1. The summed E-state index contributed by atoms with van der Waals surface area (Å²) in [5, 5.41) is 0. The maximum absolute atomic E-state index is 11.7. The lowest BCUT2D eigenvalue weighted by molar-refractivity contribution is -0.129. The molecule has 1 aromatic carbocycles. The molecule has 5 heteroatoms. The fourth-order valence-corrected chi connectivity index (χ4v) is 2.63. The smallest absolute Gasteiger partial charge is 0.241 e. The van der Waals surface area contributed by atoms with E-state index in [1.54, 1.807) is 11.0 Å². The lowest BCUT2D eigenvalue weighted by atomic mass is 10.0. The monoisotopic (exact) mass is 271 g/mol. The number of anilines is 1. The van der Waals surface area contributed by atoms with Gasteiger partial charge in [-0.2, -0.15) is 4.99 Å². The van der Waals surface area contributed by atoms with Crippen molar-refractivity contribution >= 4 is 17.7 Å². The molecule has 0 bridgehead atoms. The summed E-state index contributed by atoms with van der Waals surface area (Å²) >= 11 is 0. The summed E-state index contributed by atoms with van der Waals surface area (Å²) in [7, 11) is 1.83. The van der Waals surface area contributed by atoms with Crippen molar-refractivity contribution in [2.75, 3.05) is 31.6 Å². The summed E-state index contributed by atoms with van der Waals surface area (Å²) in [6.45, 7) is 2.02. The van der Waals surface area contributed by atoms with E-state index < -0.39 is 0 Å². The average molecular weight is 271 g/mol. The van der Waals surface area contributed by atoms with Crippen molar-refractivity contribution in [1.29, 1.82) is 0 Å². The number of amides is 1. The third kappa shape index (κ3) is 2.21. The number of benzene rings is 1. The Morgan fingerprint density at radius 2 is 1.90 bits per heavy atom. The molecule has 3 rings (SSSR count). The number of piperazine rings is 1. The number of hydrogen-bond donors (Lipinski definition) is 0. The van der Waals surface area contributed by atoms with Gasteiger partial charge in [0.15, 0.2) is 0 Å². The van der Waals surface area contributed by atoms with Crippen LogP contribution in [0.1, 0.15) is 18.4 Å². The fraction of sp³-hybridized carbons (Fsp3) is 0.467. The number of hydrogen-bond acceptors (Lipinski definition) is 4. The van der Waals surface area contributed by atoms with E-state index in [0.717, 1.165) is 37.2 Å². The number of nitrogens with zero attached hydrogens (tertiary/aromatic N) is 3. The molecule has 20 heavy (non-hydrogen) atoms. The van der Waals surface area contributed by atoms with Crippen LogP contribution in [-0.2, 0) is 15.1 Å². The molecule has 0 radical (unpaired) electrons. The van der Waals surface area contributed by atoms with Crippen molar-refractivity contribution in [3.63, 3.8) is 0 Å². The third-order valence-corrected chi connectivity index (χ3v) is 4.21. The summed E-state index contributed by atoms with van der Waals surface area (Å²) in [5.41, 5.74) is 1.78. The second-order valence-electron chi connectivity index (χ2n) is 5.52. The predicted molar refractivity (Wildman–Crippen MR) is 75.3 cm³/mol. The minimum Gasteiger partial charge on any atom is -0.360 e. The zero-order valence-corrected chi connectivity index (χ0v) is 11.5. The number of rotatable bonds is 3. The molecule has 0 unspecified atom stereocenters. The number of likely N-dealkylation sites (N-methyl/N-ethyl adjacent to an activating group) is 1. The third-order valence-electron chi connectivity index (χ3n) is 4.21. The van der Waals surface area contributed by atoms with E-state index in [0.29, 0.717) is 6.54 Å². The van der Waals surface area contributed by atoms with E-state index in [1.165, 1.54) is 0 Å². The molecule has 1 heterocycles. The first-order valence-electron chi connectivity index (χ1n) is 6.83. The zero-order valence-electron chi connectivity index (χ0n) is 11.5. The van der Waals surface area contributed by atoms with Gasteiger partial charge in [0.1, 0.15) is 0 Å². The average Bonchev–Trinajstić information content (AvgIpc) is 3.23. The van der Waals surface area contributed by atoms with Gasteiger partial charge in [-0.15, -0.1) is 0 Å². The van der Waals surface area contributed by atoms with Crippen LogP contribution in [0.4, 0.5) is 5.69 Å². The van der Waals surface area contributed by atoms with Crippen LogP contribution in [0.15, 0.2) is 29.3 Å². The predicted octanol–water partition coefficient (Wildman–Crippen LogP) is 1.29. The Morgan fingerprint density at radius 3 is 2.45 bits per heavy atom. The highest BCUT2D eigenvalue weighted by molar-refractivity contribution is 5.82. The standard InChI is InChI=1S/C15H17N3O2/c1-17-8-9-18(10-14(17)20)13-4-2-12(3-5-13)15(6-7-15)16-11-19/h2-5H,6-10H2,1H3. The molecule has 2 fully saturated rings. The van der Waals surface area contributed by atoms with Crippen LogP contribution in [0.2, 0.25) is 0 Å². The maximum Gasteiger partial charge on any atom is 0.241 e. The molecule has 2 aliphatic rings. The van der Waals surface area contributed by atoms with Crippen molar-refractivity contribution in [3.8, 4) is 0 Å². The highest BCUT2D eigenvalue weighted by atomic mass is 16.2. The first-order valence-corrected chi connectivity index (χ1v) is 6.83. The minimum atomic E-state index is -0.321. The first kappa shape index (κ1) is 12.9. The van der Waals surface area contributed by atoms with Gasteiger partial charge in [0.25, 0.3) is 0 Å². The largest absolute Gasteiger partial charge is 0.360 e. The van der Waals surface area contributed by atoms with E-state index in [4.69, 9.17) is 0 Å². The van der Waals surface area contributed by atoms with Crippen LogP contribution in [0.25, 0.3) is 0 Å². The number of aliphatic imine (C=N–C) groups is 1. The molecule has 1 aliphatic heterocycles. The Bertz CT molecular complexity index is 571. The van der Waals surface area contributed by atoms with Gasteiger partial charge in [0.2, 0.25) is 12.0 Å². The Hall–Kier alpha value is -2.13. The lowest BCUT2D eigenvalue weighted by Crippen LogP contribution is -2.48. The highest BCUT2D eigenvalue weighted by Gasteiger charge is 2.44. The Labute approximate surface area is 117 Å². The molecule has 5 nitrogen and oxygen atoms in total. The molecule has 1 saturated carbocycles. The summed E-state index contributed by atoms with van der Waals surface area (Å²) < 4.78 is 0. The van der Waals surface area contributed by atoms with Gasteiger partial charge >= 0.3 is 0 Å². The van der Waals surface area contributed by atoms with Crippen LogP contribution in [0, 0.1) is 0 Å². The molecule has 0 N–H and O–H groups in total. The molecule has 1 aromatic rings. The van der Waals surface area contributed by atoms with Gasteiger partial charge in [-0.25, -0.2) is 4.79 Å². The zero-order chi connectivity index (χ0) is 14.2. The van der Waals surface area contributed by atoms with Crippen LogP contribution in [-0.4, -0.2) is 43.6 Å². The van der Waals surface area contributed by atoms with Crippen LogP contribution < -0.4 is 4.90 Å². The van der Waals surface area contributed by atoms with E-state index in [-0.39, 0.29) is 11.4 Å². The van der Waals surface area contributed by atoms with Gasteiger partial charge in [-0.1, -0.05) is 12.1 Å². The molecule has 0 aromatic heterocycles. The van der Waals surface area contributed by atoms with Gasteiger partial charge in [0, 0.05) is 25.8 Å². The number of carbonyl (C=O) groups excluding carboxylic acids is 2. The fourth-order valence-electron chi connectivity index (χ4n) is 2.63. The molecule has 0 atom stereocenters. The maximum atomic E-state index is 11.7. The van der Waals surface area contributed by atoms with Gasteiger partial charge in [0.05, 0.1) is 12.1 Å². The topological polar surface area (TPSA) is 53.0 Å². The summed E-state index contributed by atoms with van der Waals surface area (Å²) in [6.07, 6.45) is 3.49. The molecule has 1 amide bonds. The normalized spacial score (nSPS) is 20.6. The van der Waals surface area contributed by atoms with Crippen LogP contribution in [0.3, 0.4) is 0 Å². The van der Waals surface area contributed by atoms with Crippen molar-refractivity contribution in [1.82, 2.24) is 4.90 Å². The van der Waals surface area contributed by atoms with Crippen LogP contribution >= 0.6 is 0 Å². The van der Waals surface area contributed by atoms with Crippen molar-refractivity contribution in [3.05, 3.63) is 29.8 Å². The first-order chi connectivity index (χ1) is 9.64. The van der Waals surface area contributed by atoms with Gasteiger partial charge < -0.3 is 9.80 Å². The minimum absolute atomic E-state index is 0.143. The Kier molecular flexibility index (Phi) is 3.07. The van der Waals surface area contributed by atoms with E-state index in [9.17, 15) is 9.59 Å². The Morgan fingerprint density at radius 1 is 1.20 bits per heavy atom. The SMILES string of the molecule is CN1CCN(c2ccc(C3(N=C=O)CC3)cc2)CC1=O. The highest BCUT2D eigenvalue weighted by Crippen LogP contribution is 2.49. The summed E-state index contributed by atoms with van der Waals surface area (Å²) in [4.78, 5) is 30.0. The van der Waals surface area contributed by atoms with Crippen molar-refractivity contribution in [2.45, 2.75) is 18.4 Å². The van der Waals surface area contributed by atoms with Crippen molar-refractivity contribution < 1.29 is 9.59 Å². The van der Waals surface area contributed by atoms with Gasteiger partial charge in [-0.3, -0.25) is 4.79 Å². The van der Waals surface area contributed by atoms with E-state index in [2.05, 4.69) is 9.89 Å². The second-order valence-corrected chi connectivity index (χ2v) is 5.52. The molecular formula is C15H17N3O2. The van der Waals surface area contributed by atoms with Crippen LogP contribution in [0.5, 0.6) is 0 Å². The van der Waals surface area contributed by atoms with E-state index >= 15 is 0 Å². The van der Waals surface area contributed by atoms with E-state index in [1.807, 2.05) is 31.3 Å². The summed E-state index contributed by atoms with van der Waals surface area (Å²) in [5.74, 6) is 0.143. The summed E-state index contributed by atoms with van der Waals surface area (Å²) in [6, 6.07) is 8.03. The molecule has 0 spiro atoms. The quantitative estimate of drug-likeness (QED) is 0.615. The molecule has 104 valence electrons. The van der Waals surface area contributed by atoms with Gasteiger partial charge in [-0.05, 0) is 30.5 Å². The molecular weight excluding hydrogens is 254 g/mol. The molecule has 1 aliphatic carbocycles. The lowest BCUT2D eigenvalue weighted by Gasteiger charge is -2.33. The molecule has 1 saturated heterocycles. The second kappa shape index (κ2) is 4.76. The Balaban J connectivity index is 1.77. The van der Waals surface area contributed by atoms with Crippen molar-refractivity contribution in [2.24, 2.45) is 4.99 Å².